The summed E-state index contributed by atoms with van der Waals surface area (Å²) in [4.78, 5) is 2.59. The fraction of sp³-hybridized carbons (Fsp3) is 0.455. The van der Waals surface area contributed by atoms with Gasteiger partial charge in [-0.3, -0.25) is 0 Å². The first kappa shape index (κ1) is 15.1. The average molecular weight is 317 g/mol. The van der Waals surface area contributed by atoms with Crippen molar-refractivity contribution >= 4 is 27.3 Å². The van der Waals surface area contributed by atoms with Crippen LogP contribution in [0.5, 0.6) is 0 Å². The van der Waals surface area contributed by atoms with Gasteiger partial charge in [-0.1, -0.05) is 22.8 Å². The number of azide groups is 1. The molecule has 1 fully saturated rings. The molecule has 0 amide bonds. The summed E-state index contributed by atoms with van der Waals surface area (Å²) in [6, 6.07) is 4.16. The van der Waals surface area contributed by atoms with Crippen LogP contribution in [0.15, 0.2) is 28.2 Å². The quantitative estimate of drug-likeness (QED) is 0.487. The predicted octanol–water partition coefficient (Wildman–Crippen LogP) is 2.69. The highest BCUT2D eigenvalue weighted by molar-refractivity contribution is 7.89. The number of rotatable bonds is 3. The van der Waals surface area contributed by atoms with Crippen LogP contribution in [0.4, 0.5) is 5.69 Å². The maximum atomic E-state index is 12.6. The highest BCUT2D eigenvalue weighted by atomic mass is 35.5. The van der Waals surface area contributed by atoms with Gasteiger partial charge in [-0.25, -0.2) is 8.42 Å². The second-order valence-electron chi connectivity index (χ2n) is 4.17. The molecule has 1 aromatic carbocycles. The van der Waals surface area contributed by atoms with Crippen LogP contribution in [0.1, 0.15) is 6.42 Å². The highest BCUT2D eigenvalue weighted by Gasteiger charge is 2.27. The summed E-state index contributed by atoms with van der Waals surface area (Å²) in [5.74, 6) is 0. The van der Waals surface area contributed by atoms with E-state index < -0.39 is 10.0 Å². The Hall–Kier alpha value is -1.31. The topological polar surface area (TPSA) is 95.4 Å². The minimum atomic E-state index is -3.72. The van der Waals surface area contributed by atoms with E-state index in [0.29, 0.717) is 26.2 Å². The first-order chi connectivity index (χ1) is 9.55. The number of hydrogen-bond acceptors (Lipinski definition) is 4. The lowest BCUT2D eigenvalue weighted by Gasteiger charge is -2.20. The number of halogens is 1. The minimum Gasteiger partial charge on any atom is -0.380 e. The molecule has 7 nitrogen and oxygen atoms in total. The number of sulfonamides is 1. The Kier molecular flexibility index (Phi) is 4.85. The fourth-order valence-electron chi connectivity index (χ4n) is 1.91. The van der Waals surface area contributed by atoms with Crippen LogP contribution < -0.4 is 0 Å². The van der Waals surface area contributed by atoms with Gasteiger partial charge in [-0.2, -0.15) is 4.31 Å². The smallest absolute Gasteiger partial charge is 0.244 e. The Morgan fingerprint density at radius 3 is 2.90 bits per heavy atom. The van der Waals surface area contributed by atoms with Gasteiger partial charge in [0.2, 0.25) is 10.0 Å². The number of benzene rings is 1. The van der Waals surface area contributed by atoms with Gasteiger partial charge in [0.1, 0.15) is 4.90 Å². The van der Waals surface area contributed by atoms with E-state index in [1.165, 1.54) is 22.5 Å². The van der Waals surface area contributed by atoms with Gasteiger partial charge in [0.25, 0.3) is 0 Å². The summed E-state index contributed by atoms with van der Waals surface area (Å²) in [6.45, 7) is 1.56. The fourth-order valence-corrected chi connectivity index (χ4v) is 3.86. The maximum absolute atomic E-state index is 12.6. The molecule has 1 aliphatic rings. The van der Waals surface area contributed by atoms with Gasteiger partial charge >= 0.3 is 0 Å². The van der Waals surface area contributed by atoms with Crippen LogP contribution in [0.3, 0.4) is 0 Å². The number of hydrogen-bond donors (Lipinski definition) is 0. The van der Waals surface area contributed by atoms with Crippen LogP contribution in [0, 0.1) is 0 Å². The Bertz CT molecular complexity index is 635. The van der Waals surface area contributed by atoms with E-state index >= 15 is 0 Å². The Morgan fingerprint density at radius 2 is 2.15 bits per heavy atom. The summed E-state index contributed by atoms with van der Waals surface area (Å²) >= 11 is 5.97. The number of nitrogens with zero attached hydrogens (tertiary/aromatic N) is 4. The molecule has 0 radical (unpaired) electrons. The first-order valence-electron chi connectivity index (χ1n) is 5.98. The number of ether oxygens (including phenoxy) is 1. The molecule has 0 atom stereocenters. The lowest BCUT2D eigenvalue weighted by molar-refractivity contribution is 0.148. The van der Waals surface area contributed by atoms with Gasteiger partial charge in [-0.15, -0.1) is 0 Å². The molecular weight excluding hydrogens is 304 g/mol. The van der Waals surface area contributed by atoms with Gasteiger partial charge in [0.05, 0.1) is 11.6 Å². The molecule has 1 aliphatic heterocycles. The van der Waals surface area contributed by atoms with E-state index in [1.807, 2.05) is 0 Å². The second-order valence-corrected chi connectivity index (χ2v) is 6.49. The highest BCUT2D eigenvalue weighted by Crippen LogP contribution is 2.29. The van der Waals surface area contributed by atoms with E-state index in [9.17, 15) is 8.42 Å². The van der Waals surface area contributed by atoms with Crippen molar-refractivity contribution in [3.8, 4) is 0 Å². The normalized spacial score (nSPS) is 17.2. The molecule has 108 valence electrons. The van der Waals surface area contributed by atoms with Crippen LogP contribution >= 0.6 is 11.6 Å². The van der Waals surface area contributed by atoms with Crippen molar-refractivity contribution in [2.24, 2.45) is 5.11 Å². The predicted molar refractivity (Wildman–Crippen MR) is 74.5 cm³/mol. The third-order valence-corrected chi connectivity index (χ3v) is 5.25. The van der Waals surface area contributed by atoms with Gasteiger partial charge in [0.15, 0.2) is 0 Å². The second kappa shape index (κ2) is 6.43. The van der Waals surface area contributed by atoms with Crippen LogP contribution in [0.25, 0.3) is 10.4 Å². The molecule has 0 aromatic heterocycles. The molecule has 20 heavy (non-hydrogen) atoms. The molecule has 0 unspecified atom stereocenters. The van der Waals surface area contributed by atoms with Crippen molar-refractivity contribution < 1.29 is 13.2 Å². The van der Waals surface area contributed by atoms with Crippen LogP contribution in [0.2, 0.25) is 5.02 Å². The zero-order chi connectivity index (χ0) is 14.6. The van der Waals surface area contributed by atoms with Crippen LogP contribution in [-0.4, -0.2) is 39.0 Å². The average Bonchev–Trinajstić information content (AvgIpc) is 2.70. The molecule has 0 N–H and O–H groups in total. The van der Waals surface area contributed by atoms with E-state index in [2.05, 4.69) is 10.0 Å². The van der Waals surface area contributed by atoms with Crippen molar-refractivity contribution in [1.82, 2.24) is 4.31 Å². The van der Waals surface area contributed by atoms with Gasteiger partial charge in [-0.05, 0) is 24.1 Å². The largest absolute Gasteiger partial charge is 0.380 e. The molecule has 1 aromatic rings. The van der Waals surface area contributed by atoms with Gasteiger partial charge < -0.3 is 4.74 Å². The molecule has 9 heteroatoms. The molecule has 2 rings (SSSR count). The maximum Gasteiger partial charge on any atom is 0.244 e. The molecule has 0 aliphatic carbocycles. The van der Waals surface area contributed by atoms with Crippen molar-refractivity contribution in [2.45, 2.75) is 11.3 Å². The zero-order valence-electron chi connectivity index (χ0n) is 10.6. The summed E-state index contributed by atoms with van der Waals surface area (Å²) in [7, 11) is -3.72. The Labute approximate surface area is 121 Å². The molecule has 0 saturated carbocycles. The third-order valence-electron chi connectivity index (χ3n) is 2.87. The first-order valence-corrected chi connectivity index (χ1v) is 7.80. The van der Waals surface area contributed by atoms with Crippen LogP contribution in [-0.2, 0) is 14.8 Å². The van der Waals surface area contributed by atoms with E-state index in [-0.39, 0.29) is 22.2 Å². The summed E-state index contributed by atoms with van der Waals surface area (Å²) < 4.78 is 31.7. The SMILES string of the molecule is [N-]=[N+]=Nc1ccc(Cl)c(S(=O)(=O)N2CCCOCC2)c1. The van der Waals surface area contributed by atoms with Crippen molar-refractivity contribution in [3.05, 3.63) is 33.7 Å². The Balaban J connectivity index is 2.41. The molecule has 0 bridgehead atoms. The van der Waals surface area contributed by atoms with Gasteiger partial charge in [0, 0.05) is 30.3 Å². The lowest BCUT2D eigenvalue weighted by Crippen LogP contribution is -2.33. The molecule has 1 saturated heterocycles. The van der Waals surface area contributed by atoms with Crippen molar-refractivity contribution in [2.75, 3.05) is 26.3 Å². The van der Waals surface area contributed by atoms with E-state index in [4.69, 9.17) is 21.9 Å². The standard InChI is InChI=1S/C11H13ClN4O3S/c12-10-3-2-9(14-15-13)8-11(10)20(17,18)16-4-1-6-19-7-5-16/h2-3,8H,1,4-7H2. The summed E-state index contributed by atoms with van der Waals surface area (Å²) in [6.07, 6.45) is 0.632. The van der Waals surface area contributed by atoms with E-state index in [1.54, 1.807) is 0 Å². The molecular formula is C11H13ClN4O3S. The van der Waals surface area contributed by atoms with Crippen molar-refractivity contribution in [3.63, 3.8) is 0 Å². The van der Waals surface area contributed by atoms with Crippen molar-refractivity contribution in [1.29, 1.82) is 0 Å². The van der Waals surface area contributed by atoms with E-state index in [0.717, 1.165) is 0 Å². The minimum absolute atomic E-state index is 0.0500. The Morgan fingerprint density at radius 1 is 1.35 bits per heavy atom. The molecule has 0 spiro atoms. The molecule has 1 heterocycles. The summed E-state index contributed by atoms with van der Waals surface area (Å²) in [5, 5.41) is 3.50. The zero-order valence-corrected chi connectivity index (χ0v) is 12.1. The third kappa shape index (κ3) is 3.23. The lowest BCUT2D eigenvalue weighted by atomic mass is 10.3. The summed E-state index contributed by atoms with van der Waals surface area (Å²) in [5.41, 5.74) is 8.63. The monoisotopic (exact) mass is 316 g/mol.